The van der Waals surface area contributed by atoms with Crippen molar-refractivity contribution in [3.05, 3.63) is 72.3 Å². The number of nitrogens with one attached hydrogen (secondary N) is 1. The number of fused-ring (bicyclic) bond motifs is 5. The number of morpholine rings is 1. The van der Waals surface area contributed by atoms with Crippen LogP contribution in [0.1, 0.15) is 31.4 Å². The molecule has 4 atom stereocenters. The van der Waals surface area contributed by atoms with Crippen LogP contribution >= 0.6 is 0 Å². The van der Waals surface area contributed by atoms with Gasteiger partial charge in [-0.05, 0) is 11.6 Å². The standard InChI is InChI=1S/C25H26N2O5/c1-4-23(2,3)25-24(31,16-11-8-12-18(28)20(16)26-25)14-17-22(30)32-19(21(29)27(17)25)13-15-9-6-5-7-10-15/h4-12,17,19,26,28,31H,1,13-14H2,2-3H3. The molecule has 2 aromatic carbocycles. The Kier molecular flexibility index (Phi) is 4.24. The van der Waals surface area contributed by atoms with Gasteiger partial charge in [-0.2, -0.15) is 0 Å². The number of phenolic OH excluding ortho intramolecular Hbond substituents is 1. The first-order chi connectivity index (χ1) is 15.2. The van der Waals surface area contributed by atoms with Gasteiger partial charge in [-0.1, -0.05) is 62.4 Å². The number of nitrogens with zero attached hydrogens (tertiary/aromatic N) is 1. The number of carbonyl (C=O) groups excluding carboxylic acids is 2. The summed E-state index contributed by atoms with van der Waals surface area (Å²) in [5, 5.41) is 25.9. The monoisotopic (exact) mass is 434 g/mol. The molecule has 0 bridgehead atoms. The summed E-state index contributed by atoms with van der Waals surface area (Å²) in [4.78, 5) is 28.4. The molecule has 5 rings (SSSR count). The highest BCUT2D eigenvalue weighted by Crippen LogP contribution is 2.64. The number of anilines is 1. The number of hydrogen-bond acceptors (Lipinski definition) is 6. The number of esters is 1. The first-order valence-corrected chi connectivity index (χ1v) is 10.7. The van der Waals surface area contributed by atoms with Crippen LogP contribution < -0.4 is 5.32 Å². The van der Waals surface area contributed by atoms with Crippen molar-refractivity contribution < 1.29 is 24.5 Å². The maximum Gasteiger partial charge on any atom is 0.329 e. The summed E-state index contributed by atoms with van der Waals surface area (Å²) in [6, 6.07) is 13.3. The Hall–Kier alpha value is -3.32. The molecular formula is C25H26N2O5. The zero-order valence-electron chi connectivity index (χ0n) is 18.0. The molecular weight excluding hydrogens is 408 g/mol. The van der Waals surface area contributed by atoms with Crippen LogP contribution in [0.25, 0.3) is 0 Å². The molecule has 1 amide bonds. The molecule has 7 nitrogen and oxygen atoms in total. The highest BCUT2D eigenvalue weighted by Gasteiger charge is 2.76. The number of benzene rings is 2. The molecule has 3 aliphatic heterocycles. The quantitative estimate of drug-likeness (QED) is 0.389. The second-order valence-electron chi connectivity index (χ2n) is 9.36. The second-order valence-corrected chi connectivity index (χ2v) is 9.36. The van der Waals surface area contributed by atoms with Crippen molar-refractivity contribution >= 4 is 17.6 Å². The number of aromatic hydroxyl groups is 1. The smallest absolute Gasteiger partial charge is 0.329 e. The van der Waals surface area contributed by atoms with Gasteiger partial charge in [0, 0.05) is 23.8 Å². The summed E-state index contributed by atoms with van der Waals surface area (Å²) in [6.45, 7) is 7.65. The largest absolute Gasteiger partial charge is 0.506 e. The highest BCUT2D eigenvalue weighted by atomic mass is 16.6. The van der Waals surface area contributed by atoms with Crippen molar-refractivity contribution in [1.82, 2.24) is 4.90 Å². The van der Waals surface area contributed by atoms with E-state index in [1.165, 1.54) is 11.0 Å². The third-order valence-electron chi connectivity index (χ3n) is 7.30. The molecule has 2 aromatic rings. The summed E-state index contributed by atoms with van der Waals surface area (Å²) in [5.41, 5.74) is -2.29. The van der Waals surface area contributed by atoms with E-state index >= 15 is 0 Å². The van der Waals surface area contributed by atoms with Gasteiger partial charge in [0.1, 0.15) is 17.4 Å². The molecule has 0 spiro atoms. The van der Waals surface area contributed by atoms with Gasteiger partial charge in [0.2, 0.25) is 0 Å². The Balaban J connectivity index is 1.67. The number of rotatable bonds is 4. The van der Waals surface area contributed by atoms with Crippen LogP contribution in [0.2, 0.25) is 0 Å². The number of para-hydroxylation sites is 1. The SMILES string of the molecule is C=CC(C)(C)C12Nc3c(O)cccc3C1(O)CC1C(=O)OC(Cc3ccccc3)C(=O)N12. The molecule has 166 valence electrons. The van der Waals surface area contributed by atoms with Crippen LogP contribution in [0.5, 0.6) is 5.75 Å². The summed E-state index contributed by atoms with van der Waals surface area (Å²) in [7, 11) is 0. The minimum atomic E-state index is -1.64. The zero-order valence-corrected chi connectivity index (χ0v) is 18.0. The second kappa shape index (κ2) is 6.59. The molecule has 0 radical (unpaired) electrons. The zero-order chi connectivity index (χ0) is 22.9. The van der Waals surface area contributed by atoms with Crippen molar-refractivity contribution in [2.24, 2.45) is 5.41 Å². The fourth-order valence-electron chi connectivity index (χ4n) is 5.66. The number of hydrogen-bond donors (Lipinski definition) is 3. The lowest BCUT2D eigenvalue weighted by molar-refractivity contribution is -0.185. The lowest BCUT2D eigenvalue weighted by Crippen LogP contribution is -2.71. The van der Waals surface area contributed by atoms with Crippen molar-refractivity contribution in [2.45, 2.75) is 50.1 Å². The molecule has 0 saturated carbocycles. The number of amides is 1. The molecule has 0 aromatic heterocycles. The third kappa shape index (κ3) is 2.40. The van der Waals surface area contributed by atoms with Gasteiger partial charge < -0.3 is 20.3 Å². The number of ether oxygens (including phenoxy) is 1. The van der Waals surface area contributed by atoms with Gasteiger partial charge in [-0.15, -0.1) is 6.58 Å². The predicted molar refractivity (Wildman–Crippen MR) is 118 cm³/mol. The lowest BCUT2D eigenvalue weighted by atomic mass is 9.68. The Morgan fingerprint density at radius 2 is 1.94 bits per heavy atom. The summed E-state index contributed by atoms with van der Waals surface area (Å²) < 4.78 is 5.59. The van der Waals surface area contributed by atoms with E-state index < -0.39 is 34.8 Å². The van der Waals surface area contributed by atoms with Crippen molar-refractivity contribution in [3.63, 3.8) is 0 Å². The van der Waals surface area contributed by atoms with Gasteiger partial charge in [-0.25, -0.2) is 4.79 Å². The number of cyclic esters (lactones) is 1. The van der Waals surface area contributed by atoms with Gasteiger partial charge in [-0.3, -0.25) is 9.69 Å². The van der Waals surface area contributed by atoms with Crippen molar-refractivity contribution in [1.29, 1.82) is 0 Å². The van der Waals surface area contributed by atoms with E-state index in [0.29, 0.717) is 11.3 Å². The predicted octanol–water partition coefficient (Wildman–Crippen LogP) is 2.68. The average Bonchev–Trinajstić information content (AvgIpc) is 3.20. The number of phenols is 1. The Morgan fingerprint density at radius 3 is 2.62 bits per heavy atom. The van der Waals surface area contributed by atoms with E-state index in [4.69, 9.17) is 4.74 Å². The van der Waals surface area contributed by atoms with Crippen molar-refractivity contribution in [2.75, 3.05) is 5.32 Å². The van der Waals surface area contributed by atoms with Crippen LogP contribution in [0.3, 0.4) is 0 Å². The van der Waals surface area contributed by atoms with E-state index in [2.05, 4.69) is 11.9 Å². The fraction of sp³-hybridized carbons (Fsp3) is 0.360. The topological polar surface area (TPSA) is 99.1 Å². The van der Waals surface area contributed by atoms with Crippen LogP contribution in [-0.2, 0) is 26.3 Å². The molecule has 32 heavy (non-hydrogen) atoms. The first-order valence-electron chi connectivity index (χ1n) is 10.7. The Bertz CT molecular complexity index is 1130. The highest BCUT2D eigenvalue weighted by molar-refractivity contribution is 5.96. The molecule has 3 aliphatic rings. The van der Waals surface area contributed by atoms with E-state index in [9.17, 15) is 19.8 Å². The maximum atomic E-state index is 13.8. The number of aliphatic hydroxyl groups is 1. The molecule has 0 aliphatic carbocycles. The van der Waals surface area contributed by atoms with E-state index in [0.717, 1.165) is 5.56 Å². The number of carbonyl (C=O) groups is 2. The van der Waals surface area contributed by atoms with Crippen LogP contribution in [0.15, 0.2) is 61.2 Å². The molecule has 2 saturated heterocycles. The molecule has 3 heterocycles. The van der Waals surface area contributed by atoms with Gasteiger partial charge in [0.15, 0.2) is 11.8 Å². The van der Waals surface area contributed by atoms with Crippen LogP contribution in [-0.4, -0.2) is 44.8 Å². The molecule has 4 unspecified atom stereocenters. The normalized spacial score (nSPS) is 30.8. The summed E-state index contributed by atoms with van der Waals surface area (Å²) in [6.07, 6.45) is 0.835. The lowest BCUT2D eigenvalue weighted by Gasteiger charge is -2.53. The fourth-order valence-corrected chi connectivity index (χ4v) is 5.66. The Labute approximate surface area is 186 Å². The Morgan fingerprint density at radius 1 is 1.22 bits per heavy atom. The van der Waals surface area contributed by atoms with Gasteiger partial charge >= 0.3 is 5.97 Å². The minimum absolute atomic E-state index is 0.0333. The third-order valence-corrected chi connectivity index (χ3v) is 7.30. The first kappa shape index (κ1) is 20.6. The minimum Gasteiger partial charge on any atom is -0.506 e. The van der Waals surface area contributed by atoms with Crippen LogP contribution in [0.4, 0.5) is 5.69 Å². The van der Waals surface area contributed by atoms with Gasteiger partial charge in [0.25, 0.3) is 5.91 Å². The average molecular weight is 434 g/mol. The molecule has 3 N–H and O–H groups in total. The van der Waals surface area contributed by atoms with E-state index in [1.807, 2.05) is 44.2 Å². The van der Waals surface area contributed by atoms with Crippen LogP contribution in [0, 0.1) is 5.41 Å². The summed E-state index contributed by atoms with van der Waals surface area (Å²) >= 11 is 0. The van der Waals surface area contributed by atoms with E-state index in [-0.39, 0.29) is 24.5 Å². The van der Waals surface area contributed by atoms with Crippen molar-refractivity contribution in [3.8, 4) is 5.75 Å². The van der Waals surface area contributed by atoms with Gasteiger partial charge in [0.05, 0.1) is 5.69 Å². The maximum absolute atomic E-state index is 13.8. The summed E-state index contributed by atoms with van der Waals surface area (Å²) in [5.74, 6) is -0.964. The van der Waals surface area contributed by atoms with E-state index in [1.54, 1.807) is 18.2 Å². The molecule has 7 heteroatoms. The molecule has 2 fully saturated rings.